The Morgan fingerprint density at radius 2 is 2.50 bits per heavy atom. The van der Waals surface area contributed by atoms with Gasteiger partial charge in [0.15, 0.2) is 5.16 Å². The number of nitrogens with zero attached hydrogens (tertiary/aromatic N) is 3. The molecule has 0 aromatic carbocycles. The van der Waals surface area contributed by atoms with Crippen molar-refractivity contribution in [2.24, 2.45) is 18.7 Å². The van der Waals surface area contributed by atoms with E-state index in [-0.39, 0.29) is 0 Å². The molecule has 5 heteroatoms. The molecular weight excluding hydrogens is 172 g/mol. The van der Waals surface area contributed by atoms with Crippen LogP contribution < -0.4 is 5.73 Å². The van der Waals surface area contributed by atoms with Gasteiger partial charge in [-0.25, -0.2) is 0 Å². The van der Waals surface area contributed by atoms with Gasteiger partial charge in [0.05, 0.1) is 0 Å². The summed E-state index contributed by atoms with van der Waals surface area (Å²) in [5.74, 6) is 1.54. The molecule has 1 unspecified atom stereocenters. The lowest BCUT2D eigenvalue weighted by molar-refractivity contribution is 0.672. The van der Waals surface area contributed by atoms with E-state index in [0.717, 1.165) is 17.5 Å². The second-order valence-electron chi connectivity index (χ2n) is 2.88. The van der Waals surface area contributed by atoms with Gasteiger partial charge in [0.1, 0.15) is 6.33 Å². The number of nitrogens with two attached hydrogens (primary N) is 1. The van der Waals surface area contributed by atoms with Crippen molar-refractivity contribution in [3.8, 4) is 0 Å². The zero-order chi connectivity index (χ0) is 8.97. The Balaban J connectivity index is 2.38. The molecule has 2 N–H and O–H groups in total. The van der Waals surface area contributed by atoms with Crippen molar-refractivity contribution in [1.82, 2.24) is 14.8 Å². The zero-order valence-electron chi connectivity index (χ0n) is 7.40. The largest absolute Gasteiger partial charge is 0.330 e. The molecule has 0 fully saturated rings. The van der Waals surface area contributed by atoms with Crippen LogP contribution in [0.5, 0.6) is 0 Å². The monoisotopic (exact) mass is 186 g/mol. The van der Waals surface area contributed by atoms with Crippen LogP contribution in [0.25, 0.3) is 0 Å². The number of thioether (sulfide) groups is 1. The van der Waals surface area contributed by atoms with Crippen molar-refractivity contribution in [2.45, 2.75) is 12.1 Å². The van der Waals surface area contributed by atoms with Gasteiger partial charge >= 0.3 is 0 Å². The van der Waals surface area contributed by atoms with Gasteiger partial charge in [0.25, 0.3) is 0 Å². The molecule has 0 aliphatic carbocycles. The number of hydrogen-bond donors (Lipinski definition) is 1. The first-order valence-electron chi connectivity index (χ1n) is 3.91. The van der Waals surface area contributed by atoms with E-state index in [0.29, 0.717) is 5.92 Å². The second kappa shape index (κ2) is 4.47. The van der Waals surface area contributed by atoms with Crippen LogP contribution in [0.15, 0.2) is 11.5 Å². The summed E-state index contributed by atoms with van der Waals surface area (Å²) in [5, 5.41) is 8.70. The molecule has 4 nitrogen and oxygen atoms in total. The summed E-state index contributed by atoms with van der Waals surface area (Å²) in [7, 11) is 1.94. The highest BCUT2D eigenvalue weighted by molar-refractivity contribution is 7.99. The van der Waals surface area contributed by atoms with E-state index in [9.17, 15) is 0 Å². The summed E-state index contributed by atoms with van der Waals surface area (Å²) in [4.78, 5) is 0. The summed E-state index contributed by atoms with van der Waals surface area (Å²) in [6, 6.07) is 0. The van der Waals surface area contributed by atoms with Crippen LogP contribution in [0.3, 0.4) is 0 Å². The molecule has 0 bridgehead atoms. The minimum absolute atomic E-state index is 0.534. The number of aromatic nitrogens is 3. The summed E-state index contributed by atoms with van der Waals surface area (Å²) >= 11 is 1.70. The maximum Gasteiger partial charge on any atom is 0.190 e. The first kappa shape index (κ1) is 9.54. The van der Waals surface area contributed by atoms with Gasteiger partial charge in [-0.2, -0.15) is 0 Å². The Labute approximate surface area is 76.5 Å². The molecule has 0 radical (unpaired) electrons. The molecule has 0 aliphatic rings. The van der Waals surface area contributed by atoms with Crippen molar-refractivity contribution in [2.75, 3.05) is 12.3 Å². The lowest BCUT2D eigenvalue weighted by Crippen LogP contribution is -2.13. The number of aryl methyl sites for hydroxylation is 1. The average Bonchev–Trinajstić information content (AvgIpc) is 2.47. The molecule has 1 aromatic rings. The third-order valence-corrected chi connectivity index (χ3v) is 2.93. The predicted molar refractivity (Wildman–Crippen MR) is 49.9 cm³/mol. The summed E-state index contributed by atoms with van der Waals surface area (Å²) < 4.78 is 1.91. The fourth-order valence-electron chi connectivity index (χ4n) is 0.688. The quantitative estimate of drug-likeness (QED) is 0.696. The normalized spacial score (nSPS) is 13.2. The average molecular weight is 186 g/mol. The smallest absolute Gasteiger partial charge is 0.190 e. The van der Waals surface area contributed by atoms with E-state index in [1.54, 1.807) is 18.1 Å². The lowest BCUT2D eigenvalue weighted by atomic mass is 10.2. The van der Waals surface area contributed by atoms with Crippen LogP contribution in [0, 0.1) is 5.92 Å². The molecule has 0 spiro atoms. The fraction of sp³-hybridized carbons (Fsp3) is 0.714. The fourth-order valence-corrected chi connectivity index (χ4v) is 1.61. The molecule has 0 saturated heterocycles. The molecular formula is C7H14N4S. The van der Waals surface area contributed by atoms with E-state index in [2.05, 4.69) is 17.1 Å². The summed E-state index contributed by atoms with van der Waals surface area (Å²) in [6.45, 7) is 2.86. The standard InChI is InChI=1S/C7H14N4S/c1-6(3-8)4-12-7-10-9-5-11(7)2/h5-6H,3-4,8H2,1-2H3. The first-order chi connectivity index (χ1) is 5.74. The molecule has 0 amide bonds. The van der Waals surface area contributed by atoms with Crippen LogP contribution >= 0.6 is 11.8 Å². The highest BCUT2D eigenvalue weighted by Crippen LogP contribution is 2.16. The van der Waals surface area contributed by atoms with Gasteiger partial charge in [-0.3, -0.25) is 0 Å². The highest BCUT2D eigenvalue weighted by atomic mass is 32.2. The molecule has 1 rings (SSSR count). The van der Waals surface area contributed by atoms with Gasteiger partial charge in [0.2, 0.25) is 0 Å². The van der Waals surface area contributed by atoms with Crippen LogP contribution in [-0.4, -0.2) is 27.1 Å². The predicted octanol–water partition coefficient (Wildman–Crippen LogP) is 0.502. The minimum atomic E-state index is 0.534. The first-order valence-corrected chi connectivity index (χ1v) is 4.89. The highest BCUT2D eigenvalue weighted by Gasteiger charge is 2.04. The van der Waals surface area contributed by atoms with Crippen LogP contribution in [-0.2, 0) is 7.05 Å². The van der Waals surface area contributed by atoms with Crippen LogP contribution in [0.1, 0.15) is 6.92 Å². The van der Waals surface area contributed by atoms with E-state index >= 15 is 0 Å². The third-order valence-electron chi connectivity index (χ3n) is 1.57. The van der Waals surface area contributed by atoms with Gasteiger partial charge in [0, 0.05) is 12.8 Å². The van der Waals surface area contributed by atoms with Gasteiger partial charge < -0.3 is 10.3 Å². The molecule has 0 saturated carbocycles. The van der Waals surface area contributed by atoms with E-state index in [4.69, 9.17) is 5.73 Å². The SMILES string of the molecule is CC(CN)CSc1nncn1C. The maximum absolute atomic E-state index is 5.49. The Morgan fingerprint density at radius 1 is 1.75 bits per heavy atom. The topological polar surface area (TPSA) is 56.7 Å². The molecule has 12 heavy (non-hydrogen) atoms. The summed E-state index contributed by atoms with van der Waals surface area (Å²) in [6.07, 6.45) is 1.70. The van der Waals surface area contributed by atoms with Gasteiger partial charge in [-0.15, -0.1) is 10.2 Å². The van der Waals surface area contributed by atoms with Gasteiger partial charge in [-0.1, -0.05) is 18.7 Å². The maximum atomic E-state index is 5.49. The molecule has 68 valence electrons. The minimum Gasteiger partial charge on any atom is -0.330 e. The van der Waals surface area contributed by atoms with Crippen LogP contribution in [0.2, 0.25) is 0 Å². The molecule has 0 aliphatic heterocycles. The van der Waals surface area contributed by atoms with E-state index in [1.165, 1.54) is 0 Å². The number of hydrogen-bond acceptors (Lipinski definition) is 4. The summed E-state index contributed by atoms with van der Waals surface area (Å²) in [5.41, 5.74) is 5.49. The lowest BCUT2D eigenvalue weighted by Gasteiger charge is -2.05. The Hall–Kier alpha value is -0.550. The third kappa shape index (κ3) is 2.49. The molecule has 1 aromatic heterocycles. The van der Waals surface area contributed by atoms with Gasteiger partial charge in [-0.05, 0) is 12.5 Å². The van der Waals surface area contributed by atoms with Crippen molar-refractivity contribution in [1.29, 1.82) is 0 Å². The molecule has 1 atom stereocenters. The van der Waals surface area contributed by atoms with Crippen molar-refractivity contribution < 1.29 is 0 Å². The molecule has 1 heterocycles. The van der Waals surface area contributed by atoms with Crippen molar-refractivity contribution in [3.05, 3.63) is 6.33 Å². The Bertz CT molecular complexity index is 235. The van der Waals surface area contributed by atoms with E-state index < -0.39 is 0 Å². The zero-order valence-corrected chi connectivity index (χ0v) is 8.21. The van der Waals surface area contributed by atoms with Crippen LogP contribution in [0.4, 0.5) is 0 Å². The Kier molecular flexibility index (Phi) is 3.55. The van der Waals surface area contributed by atoms with Crippen molar-refractivity contribution in [3.63, 3.8) is 0 Å². The van der Waals surface area contributed by atoms with Crippen molar-refractivity contribution >= 4 is 11.8 Å². The second-order valence-corrected chi connectivity index (χ2v) is 3.86. The number of rotatable bonds is 4. The van der Waals surface area contributed by atoms with E-state index in [1.807, 2.05) is 11.6 Å². The Morgan fingerprint density at radius 3 is 3.00 bits per heavy atom.